The molecule has 1 aromatic carbocycles. The van der Waals surface area contributed by atoms with E-state index in [0.29, 0.717) is 41.2 Å². The molecule has 0 spiro atoms. The fraction of sp³-hybridized carbons (Fsp3) is 0.100. The highest BCUT2D eigenvalue weighted by atomic mass is 16.2. The zero-order valence-corrected chi connectivity index (χ0v) is 14.0. The predicted molar refractivity (Wildman–Crippen MR) is 98.5 cm³/mol. The number of hydrogen-bond donors (Lipinski definition) is 1. The highest BCUT2D eigenvalue weighted by Crippen LogP contribution is 2.32. The predicted octanol–water partition coefficient (Wildman–Crippen LogP) is 3.19. The molecule has 0 saturated heterocycles. The molecule has 1 N–H and O–H groups in total. The van der Waals surface area contributed by atoms with Gasteiger partial charge in [-0.15, -0.1) is 0 Å². The number of hydrogen-bond acceptors (Lipinski definition) is 5. The van der Waals surface area contributed by atoms with Gasteiger partial charge in [0.25, 0.3) is 5.91 Å². The number of amides is 1. The van der Waals surface area contributed by atoms with Gasteiger partial charge in [0.2, 0.25) is 0 Å². The van der Waals surface area contributed by atoms with Crippen LogP contribution >= 0.6 is 0 Å². The van der Waals surface area contributed by atoms with Crippen molar-refractivity contribution in [1.29, 1.82) is 5.26 Å². The van der Waals surface area contributed by atoms with Gasteiger partial charge in [0.05, 0.1) is 23.6 Å². The Labute approximate surface area is 151 Å². The fourth-order valence-corrected chi connectivity index (χ4v) is 2.91. The van der Waals surface area contributed by atoms with Crippen molar-refractivity contribution in [3.63, 3.8) is 0 Å². The van der Waals surface area contributed by atoms with Crippen LogP contribution in [0, 0.1) is 11.3 Å². The Kier molecular flexibility index (Phi) is 4.90. The molecule has 0 aliphatic carbocycles. The third-order valence-electron chi connectivity index (χ3n) is 4.09. The Morgan fingerprint density at radius 3 is 2.73 bits per heavy atom. The van der Waals surface area contributed by atoms with Crippen LogP contribution in [0.5, 0.6) is 0 Å². The van der Waals surface area contributed by atoms with E-state index in [1.807, 2.05) is 6.07 Å². The molecule has 3 rings (SSSR count). The molecule has 6 heteroatoms. The monoisotopic (exact) mass is 344 g/mol. The summed E-state index contributed by atoms with van der Waals surface area (Å²) in [5, 5.41) is 18.0. The largest absolute Gasteiger partial charge is 0.516 e. The molecule has 128 valence electrons. The van der Waals surface area contributed by atoms with Crippen LogP contribution in [0.25, 0.3) is 5.57 Å². The maximum atomic E-state index is 12.8. The van der Waals surface area contributed by atoms with Crippen LogP contribution in [0.4, 0.5) is 5.82 Å². The second-order valence-electron chi connectivity index (χ2n) is 5.59. The zero-order chi connectivity index (χ0) is 18.5. The van der Waals surface area contributed by atoms with Crippen LogP contribution in [-0.4, -0.2) is 27.5 Å². The molecule has 1 aromatic heterocycles. The van der Waals surface area contributed by atoms with Crippen LogP contribution in [0.15, 0.2) is 61.7 Å². The van der Waals surface area contributed by atoms with Crippen molar-refractivity contribution in [2.45, 2.75) is 6.42 Å². The minimum absolute atomic E-state index is 0.176. The Bertz CT molecular complexity index is 953. The molecule has 2 heterocycles. The number of carbonyl (C=O) groups is 1. The van der Waals surface area contributed by atoms with Crippen LogP contribution in [0.3, 0.4) is 0 Å². The highest BCUT2D eigenvalue weighted by molar-refractivity contribution is 6.07. The van der Waals surface area contributed by atoms with E-state index in [2.05, 4.69) is 16.5 Å². The summed E-state index contributed by atoms with van der Waals surface area (Å²) in [4.78, 5) is 23.0. The first-order chi connectivity index (χ1) is 12.7. The van der Waals surface area contributed by atoms with E-state index in [9.17, 15) is 4.79 Å². The van der Waals surface area contributed by atoms with E-state index < -0.39 is 0 Å². The van der Waals surface area contributed by atoms with E-state index in [-0.39, 0.29) is 5.91 Å². The normalized spacial score (nSPS) is 13.5. The summed E-state index contributed by atoms with van der Waals surface area (Å²) in [6.45, 7) is 4.17. The number of aliphatic hydroxyl groups is 1. The zero-order valence-electron chi connectivity index (χ0n) is 14.0. The molecule has 0 fully saturated rings. The summed E-state index contributed by atoms with van der Waals surface area (Å²) >= 11 is 0. The lowest BCUT2D eigenvalue weighted by Crippen LogP contribution is -2.29. The number of fused-ring (bicyclic) bond motifs is 1. The lowest BCUT2D eigenvalue weighted by Gasteiger charge is -2.16. The van der Waals surface area contributed by atoms with Gasteiger partial charge in [-0.05, 0) is 36.8 Å². The summed E-state index contributed by atoms with van der Waals surface area (Å²) < 4.78 is 0. The maximum Gasteiger partial charge on any atom is 0.259 e. The smallest absolute Gasteiger partial charge is 0.259 e. The van der Waals surface area contributed by atoms with Gasteiger partial charge in [-0.2, -0.15) is 5.26 Å². The molecule has 26 heavy (non-hydrogen) atoms. The number of nitriles is 1. The average Bonchev–Trinajstić information content (AvgIpc) is 3.11. The van der Waals surface area contributed by atoms with Gasteiger partial charge in [0.1, 0.15) is 12.1 Å². The Hall–Kier alpha value is -3.72. The van der Waals surface area contributed by atoms with Crippen molar-refractivity contribution in [2.75, 3.05) is 11.4 Å². The minimum atomic E-state index is -0.176. The van der Waals surface area contributed by atoms with E-state index in [0.717, 1.165) is 11.8 Å². The number of rotatable bonds is 4. The molecule has 1 aliphatic heterocycles. The van der Waals surface area contributed by atoms with Crippen LogP contribution in [-0.2, 0) is 6.42 Å². The summed E-state index contributed by atoms with van der Waals surface area (Å²) in [6.07, 6.45) is 7.83. The van der Waals surface area contributed by atoms with Gasteiger partial charge < -0.3 is 5.11 Å². The van der Waals surface area contributed by atoms with Crippen LogP contribution < -0.4 is 4.90 Å². The van der Waals surface area contributed by atoms with Gasteiger partial charge in [-0.1, -0.05) is 18.7 Å². The van der Waals surface area contributed by atoms with E-state index >= 15 is 0 Å². The Balaban J connectivity index is 1.98. The van der Waals surface area contributed by atoms with Crippen LogP contribution in [0.1, 0.15) is 27.2 Å². The molecule has 0 bridgehead atoms. The second kappa shape index (κ2) is 7.45. The maximum absolute atomic E-state index is 12.8. The minimum Gasteiger partial charge on any atom is -0.516 e. The molecule has 1 aliphatic rings. The first-order valence-corrected chi connectivity index (χ1v) is 7.99. The van der Waals surface area contributed by atoms with E-state index in [1.54, 1.807) is 41.3 Å². The van der Waals surface area contributed by atoms with Crippen molar-refractivity contribution < 1.29 is 9.90 Å². The molecular weight excluding hydrogens is 328 g/mol. The van der Waals surface area contributed by atoms with Crippen molar-refractivity contribution in [3.05, 3.63) is 84.0 Å². The van der Waals surface area contributed by atoms with Crippen molar-refractivity contribution in [3.8, 4) is 6.07 Å². The molecule has 6 nitrogen and oxygen atoms in total. The third-order valence-corrected chi connectivity index (χ3v) is 4.09. The van der Waals surface area contributed by atoms with Gasteiger partial charge in [0, 0.05) is 23.2 Å². The van der Waals surface area contributed by atoms with Gasteiger partial charge >= 0.3 is 0 Å². The highest BCUT2D eigenvalue weighted by Gasteiger charge is 2.29. The lowest BCUT2D eigenvalue weighted by molar-refractivity contribution is 0.0988. The van der Waals surface area contributed by atoms with Crippen molar-refractivity contribution in [1.82, 2.24) is 9.97 Å². The molecule has 1 amide bonds. The summed E-state index contributed by atoms with van der Waals surface area (Å²) in [5.74, 6) is 0.385. The second-order valence-corrected chi connectivity index (χ2v) is 5.59. The van der Waals surface area contributed by atoms with Gasteiger partial charge in [-0.3, -0.25) is 9.69 Å². The molecule has 0 unspecified atom stereocenters. The lowest BCUT2D eigenvalue weighted by atomic mass is 10.1. The molecular formula is C20H16N4O2. The standard InChI is InChI=1S/C20H16N4O2/c1-2-3-15(9-11-25)18-17-8-10-24(19(17)23-13-22-18)20(26)16-6-4-14(12-21)5-7-16/h2-7,9,11,13,25H,1,8,10H2/b11-9+,15-3+. The van der Waals surface area contributed by atoms with Crippen molar-refractivity contribution in [2.24, 2.45) is 0 Å². The summed E-state index contributed by atoms with van der Waals surface area (Å²) in [6, 6.07) is 8.55. The Morgan fingerprint density at radius 2 is 2.08 bits per heavy atom. The number of aliphatic hydroxyl groups excluding tert-OH is 1. The topological polar surface area (TPSA) is 90.1 Å². The SMILES string of the molecule is C=C/C=C(\C=C\O)c1ncnc2c1CCN2C(=O)c1ccc(C#N)cc1. The quantitative estimate of drug-likeness (QED) is 0.679. The van der Waals surface area contributed by atoms with E-state index in [1.165, 1.54) is 12.4 Å². The molecule has 0 atom stereocenters. The number of carbonyl (C=O) groups excluding carboxylic acids is 1. The molecule has 0 radical (unpaired) electrons. The van der Waals surface area contributed by atoms with E-state index in [4.69, 9.17) is 10.4 Å². The molecule has 2 aromatic rings. The Morgan fingerprint density at radius 1 is 1.31 bits per heavy atom. The number of anilines is 1. The number of nitrogens with zero attached hydrogens (tertiary/aromatic N) is 4. The summed E-state index contributed by atoms with van der Waals surface area (Å²) in [5.41, 5.74) is 3.20. The number of benzene rings is 1. The number of aromatic nitrogens is 2. The average molecular weight is 344 g/mol. The third kappa shape index (κ3) is 3.10. The first kappa shape index (κ1) is 17.1. The molecule has 0 saturated carbocycles. The number of allylic oxidation sites excluding steroid dienone is 4. The summed E-state index contributed by atoms with van der Waals surface area (Å²) in [7, 11) is 0. The van der Waals surface area contributed by atoms with Gasteiger partial charge in [0.15, 0.2) is 0 Å². The van der Waals surface area contributed by atoms with Crippen LogP contribution in [0.2, 0.25) is 0 Å². The first-order valence-electron chi connectivity index (χ1n) is 7.99. The van der Waals surface area contributed by atoms with Gasteiger partial charge in [-0.25, -0.2) is 9.97 Å². The van der Waals surface area contributed by atoms with Crippen molar-refractivity contribution >= 4 is 17.3 Å². The fourth-order valence-electron chi connectivity index (χ4n) is 2.91.